The molecule has 0 radical (unpaired) electrons. The normalized spacial score (nSPS) is 31.5. The standard InChI is InChI=1S/C24H30N2O5/c1-4-11-28-19-12-24(22(27)26-18-9-10-18,13-20-21(19)31-23(2,3)30-20)29-15-17-8-6-5-7-16(17)14-25/h4-8,18-21H,1,9-13,15H2,2-3H3,(H,26,27)/t19-,20+,21-,24+/m0/s1. The topological polar surface area (TPSA) is 89.8 Å². The molecular formula is C24H30N2O5. The maximum atomic E-state index is 13.4. The molecule has 166 valence electrons. The second kappa shape index (κ2) is 8.71. The Morgan fingerprint density at radius 3 is 2.81 bits per heavy atom. The minimum absolute atomic E-state index is 0.150. The smallest absolute Gasteiger partial charge is 0.252 e. The summed E-state index contributed by atoms with van der Waals surface area (Å²) in [6.07, 6.45) is 3.34. The summed E-state index contributed by atoms with van der Waals surface area (Å²) in [6, 6.07) is 9.66. The summed E-state index contributed by atoms with van der Waals surface area (Å²) in [4.78, 5) is 13.4. The van der Waals surface area contributed by atoms with Gasteiger partial charge in [0.1, 0.15) is 6.10 Å². The van der Waals surface area contributed by atoms with Crippen LogP contribution in [-0.4, -0.2) is 48.3 Å². The molecule has 1 saturated heterocycles. The number of carbonyl (C=O) groups excluding carboxylic acids is 1. The second-order valence-corrected chi connectivity index (χ2v) is 9.01. The molecule has 3 fully saturated rings. The van der Waals surface area contributed by atoms with Crippen molar-refractivity contribution in [3.8, 4) is 6.07 Å². The number of amides is 1. The lowest BCUT2D eigenvalue weighted by molar-refractivity contribution is -0.180. The lowest BCUT2D eigenvalue weighted by atomic mass is 9.78. The van der Waals surface area contributed by atoms with E-state index in [0.717, 1.165) is 18.4 Å². The van der Waals surface area contributed by atoms with Crippen molar-refractivity contribution >= 4 is 5.91 Å². The highest BCUT2D eigenvalue weighted by Crippen LogP contribution is 2.44. The first-order valence-corrected chi connectivity index (χ1v) is 10.9. The van der Waals surface area contributed by atoms with Crippen molar-refractivity contribution in [3.63, 3.8) is 0 Å². The molecule has 0 spiro atoms. The van der Waals surface area contributed by atoms with Crippen LogP contribution in [0.2, 0.25) is 0 Å². The fourth-order valence-electron chi connectivity index (χ4n) is 4.42. The maximum Gasteiger partial charge on any atom is 0.252 e. The lowest BCUT2D eigenvalue weighted by Gasteiger charge is -2.43. The van der Waals surface area contributed by atoms with Gasteiger partial charge in [-0.2, -0.15) is 5.26 Å². The summed E-state index contributed by atoms with van der Waals surface area (Å²) in [5.74, 6) is -0.912. The number of nitriles is 1. The Morgan fingerprint density at radius 2 is 2.10 bits per heavy atom. The van der Waals surface area contributed by atoms with Crippen LogP contribution >= 0.6 is 0 Å². The summed E-state index contributed by atoms with van der Waals surface area (Å²) in [6.45, 7) is 7.96. The Hall–Kier alpha value is -2.24. The zero-order valence-corrected chi connectivity index (χ0v) is 18.1. The first kappa shape index (κ1) is 22.0. The molecule has 1 aromatic rings. The molecule has 1 N–H and O–H groups in total. The van der Waals surface area contributed by atoms with E-state index >= 15 is 0 Å². The first-order chi connectivity index (χ1) is 14.9. The quantitative estimate of drug-likeness (QED) is 0.643. The number of hydrogen-bond donors (Lipinski definition) is 1. The third-order valence-electron chi connectivity index (χ3n) is 6.05. The number of nitrogens with zero attached hydrogens (tertiary/aromatic N) is 1. The van der Waals surface area contributed by atoms with Crippen LogP contribution in [0.5, 0.6) is 0 Å². The van der Waals surface area contributed by atoms with Crippen molar-refractivity contribution in [1.29, 1.82) is 5.26 Å². The van der Waals surface area contributed by atoms with E-state index in [-0.39, 0.29) is 36.9 Å². The van der Waals surface area contributed by atoms with Crippen molar-refractivity contribution in [1.82, 2.24) is 5.32 Å². The number of fused-ring (bicyclic) bond motifs is 1. The molecule has 2 aliphatic carbocycles. The molecule has 1 heterocycles. The molecule has 0 bridgehead atoms. The van der Waals surface area contributed by atoms with Gasteiger partial charge in [0.2, 0.25) is 0 Å². The zero-order valence-electron chi connectivity index (χ0n) is 18.1. The molecule has 31 heavy (non-hydrogen) atoms. The molecule has 1 aromatic carbocycles. The van der Waals surface area contributed by atoms with Gasteiger partial charge >= 0.3 is 0 Å². The van der Waals surface area contributed by atoms with Gasteiger partial charge in [0.15, 0.2) is 11.4 Å². The van der Waals surface area contributed by atoms with Gasteiger partial charge in [0.25, 0.3) is 5.91 Å². The van der Waals surface area contributed by atoms with E-state index < -0.39 is 11.4 Å². The van der Waals surface area contributed by atoms with Crippen molar-refractivity contribution in [3.05, 3.63) is 48.0 Å². The van der Waals surface area contributed by atoms with Gasteiger partial charge < -0.3 is 24.3 Å². The number of rotatable bonds is 8. The number of hydrogen-bond acceptors (Lipinski definition) is 6. The number of ether oxygens (including phenoxy) is 4. The van der Waals surface area contributed by atoms with Crippen LogP contribution in [0.15, 0.2) is 36.9 Å². The van der Waals surface area contributed by atoms with E-state index in [1.54, 1.807) is 12.1 Å². The van der Waals surface area contributed by atoms with Gasteiger partial charge in [-0.3, -0.25) is 4.79 Å². The molecular weight excluding hydrogens is 396 g/mol. The van der Waals surface area contributed by atoms with Gasteiger partial charge in [-0.25, -0.2) is 0 Å². The van der Waals surface area contributed by atoms with Crippen molar-refractivity contribution in [2.24, 2.45) is 0 Å². The monoisotopic (exact) mass is 426 g/mol. The minimum atomic E-state index is -1.14. The molecule has 4 rings (SSSR count). The molecule has 7 heteroatoms. The third-order valence-corrected chi connectivity index (χ3v) is 6.05. The van der Waals surface area contributed by atoms with Crippen molar-refractivity contribution in [2.75, 3.05) is 6.61 Å². The van der Waals surface area contributed by atoms with Crippen molar-refractivity contribution in [2.45, 2.75) is 81.9 Å². The summed E-state index contributed by atoms with van der Waals surface area (Å²) in [5, 5.41) is 12.5. The Morgan fingerprint density at radius 1 is 1.32 bits per heavy atom. The van der Waals surface area contributed by atoms with Crippen LogP contribution in [0.25, 0.3) is 0 Å². The predicted molar refractivity (Wildman–Crippen MR) is 113 cm³/mol. The summed E-state index contributed by atoms with van der Waals surface area (Å²) in [7, 11) is 0. The van der Waals surface area contributed by atoms with Gasteiger partial charge in [-0.05, 0) is 38.3 Å². The average molecular weight is 427 g/mol. The van der Waals surface area contributed by atoms with E-state index in [0.29, 0.717) is 25.0 Å². The van der Waals surface area contributed by atoms with E-state index in [9.17, 15) is 10.1 Å². The van der Waals surface area contributed by atoms with E-state index in [1.165, 1.54) is 0 Å². The van der Waals surface area contributed by atoms with Crippen molar-refractivity contribution < 1.29 is 23.7 Å². The van der Waals surface area contributed by atoms with Gasteiger partial charge in [-0.1, -0.05) is 24.3 Å². The van der Waals surface area contributed by atoms with Crippen LogP contribution in [-0.2, 0) is 30.3 Å². The Kier molecular flexibility index (Phi) is 6.18. The first-order valence-electron chi connectivity index (χ1n) is 10.9. The van der Waals surface area contributed by atoms with Crippen LogP contribution < -0.4 is 5.32 Å². The highest BCUT2D eigenvalue weighted by molar-refractivity contribution is 5.86. The molecule has 2 saturated carbocycles. The van der Waals surface area contributed by atoms with Gasteiger partial charge in [-0.15, -0.1) is 6.58 Å². The van der Waals surface area contributed by atoms with Crippen LogP contribution in [0.1, 0.15) is 50.7 Å². The molecule has 7 nitrogen and oxygen atoms in total. The number of nitrogens with one attached hydrogen (secondary N) is 1. The van der Waals surface area contributed by atoms with Crippen LogP contribution in [0, 0.1) is 11.3 Å². The SMILES string of the molecule is C=CCO[C@H]1C[C@](OCc2ccccc2C#N)(C(=O)NC2CC2)C[C@H]2OC(C)(C)O[C@@H]12. The largest absolute Gasteiger partial charge is 0.371 e. The van der Waals surface area contributed by atoms with E-state index in [4.69, 9.17) is 18.9 Å². The Balaban J connectivity index is 1.62. The second-order valence-electron chi connectivity index (χ2n) is 9.01. The molecule has 1 amide bonds. The highest BCUT2D eigenvalue weighted by atomic mass is 16.8. The van der Waals surface area contributed by atoms with E-state index in [2.05, 4.69) is 18.0 Å². The van der Waals surface area contributed by atoms with Gasteiger partial charge in [0.05, 0.1) is 37.1 Å². The molecule has 0 unspecified atom stereocenters. The third kappa shape index (κ3) is 4.83. The fraction of sp³-hybridized carbons (Fsp3) is 0.583. The summed E-state index contributed by atoms with van der Waals surface area (Å²) >= 11 is 0. The molecule has 0 aromatic heterocycles. The van der Waals surface area contributed by atoms with Gasteiger partial charge in [0, 0.05) is 18.9 Å². The minimum Gasteiger partial charge on any atom is -0.371 e. The molecule has 3 aliphatic rings. The Labute approximate surface area is 183 Å². The van der Waals surface area contributed by atoms with Crippen LogP contribution in [0.4, 0.5) is 0 Å². The summed E-state index contributed by atoms with van der Waals surface area (Å²) in [5.41, 5.74) is 0.148. The lowest BCUT2D eigenvalue weighted by Crippen LogP contribution is -2.60. The van der Waals surface area contributed by atoms with Crippen LogP contribution in [0.3, 0.4) is 0 Å². The average Bonchev–Trinajstić information content (AvgIpc) is 3.50. The predicted octanol–water partition coefficient (Wildman–Crippen LogP) is 2.98. The molecule has 4 atom stereocenters. The number of carbonyl (C=O) groups is 1. The highest BCUT2D eigenvalue weighted by Gasteiger charge is 2.58. The summed E-state index contributed by atoms with van der Waals surface area (Å²) < 4.78 is 24.7. The van der Waals surface area contributed by atoms with E-state index in [1.807, 2.05) is 32.0 Å². The molecule has 1 aliphatic heterocycles. The Bertz CT molecular complexity index is 875. The maximum absolute atomic E-state index is 13.4. The zero-order chi connectivity index (χ0) is 22.1. The fourth-order valence-corrected chi connectivity index (χ4v) is 4.42. The number of benzene rings is 1.